The van der Waals surface area contributed by atoms with Crippen molar-refractivity contribution < 1.29 is 9.53 Å². The van der Waals surface area contributed by atoms with Crippen molar-refractivity contribution in [2.24, 2.45) is 5.92 Å². The molecule has 2 fully saturated rings. The van der Waals surface area contributed by atoms with Gasteiger partial charge in [0, 0.05) is 6.54 Å². The molecular formula is C16H20ClN5O2. The zero-order valence-electron chi connectivity index (χ0n) is 13.9. The highest BCUT2D eigenvalue weighted by molar-refractivity contribution is 6.33. The molecule has 2 aromatic heterocycles. The van der Waals surface area contributed by atoms with Gasteiger partial charge in [-0.25, -0.2) is 19.7 Å². The Kier molecular flexibility index (Phi) is 3.46. The molecule has 24 heavy (non-hydrogen) atoms. The summed E-state index contributed by atoms with van der Waals surface area (Å²) in [5.41, 5.74) is 0.832. The van der Waals surface area contributed by atoms with Crippen molar-refractivity contribution in [2.45, 2.75) is 51.3 Å². The molecule has 1 unspecified atom stereocenters. The number of nitrogens with zero attached hydrogens (tertiary/aromatic N) is 5. The van der Waals surface area contributed by atoms with Crippen molar-refractivity contribution in [3.05, 3.63) is 17.8 Å². The van der Waals surface area contributed by atoms with E-state index < -0.39 is 5.60 Å². The lowest BCUT2D eigenvalue weighted by Gasteiger charge is -2.35. The van der Waals surface area contributed by atoms with Crippen LogP contribution in [0.15, 0.2) is 12.7 Å². The average molecular weight is 350 g/mol. The molecule has 7 nitrogen and oxygen atoms in total. The highest BCUT2D eigenvalue weighted by atomic mass is 35.5. The number of piperidine rings is 1. The van der Waals surface area contributed by atoms with E-state index in [9.17, 15) is 4.79 Å². The molecule has 1 aliphatic heterocycles. The number of hydrogen-bond acceptors (Lipinski definition) is 5. The first-order chi connectivity index (χ1) is 11.3. The number of carbonyl (C=O) groups is 1. The van der Waals surface area contributed by atoms with Gasteiger partial charge >= 0.3 is 6.09 Å². The Labute approximate surface area is 145 Å². The first-order valence-electron chi connectivity index (χ1n) is 8.16. The van der Waals surface area contributed by atoms with E-state index in [1.165, 1.54) is 6.33 Å². The SMILES string of the molecule is CC(C)(C)OC(=O)N1C[C@H]2CC(n3cnc4c(Cl)ncnc43)[C@@H]1C2. The third-order valence-corrected chi connectivity index (χ3v) is 5.03. The van der Waals surface area contributed by atoms with E-state index in [0.29, 0.717) is 16.6 Å². The van der Waals surface area contributed by atoms with E-state index >= 15 is 0 Å². The molecule has 3 atom stereocenters. The summed E-state index contributed by atoms with van der Waals surface area (Å²) in [5, 5.41) is 0.353. The van der Waals surface area contributed by atoms with Gasteiger partial charge < -0.3 is 14.2 Å². The Bertz CT molecular complexity index is 799. The molecule has 8 heteroatoms. The van der Waals surface area contributed by atoms with Crippen LogP contribution in [-0.2, 0) is 4.74 Å². The van der Waals surface area contributed by atoms with E-state index in [1.54, 1.807) is 6.33 Å². The molecule has 0 N–H and O–H groups in total. The van der Waals surface area contributed by atoms with Gasteiger partial charge in [-0.05, 0) is 39.5 Å². The third kappa shape index (κ3) is 2.51. The van der Waals surface area contributed by atoms with Crippen LogP contribution in [0.3, 0.4) is 0 Å². The summed E-state index contributed by atoms with van der Waals surface area (Å²) < 4.78 is 7.59. The third-order valence-electron chi connectivity index (χ3n) is 4.75. The average Bonchev–Trinajstić information content (AvgIpc) is 3.18. The Morgan fingerprint density at radius 3 is 2.71 bits per heavy atom. The molecule has 3 heterocycles. The fourth-order valence-electron chi connectivity index (χ4n) is 3.89. The minimum absolute atomic E-state index is 0.107. The van der Waals surface area contributed by atoms with Crippen molar-refractivity contribution in [1.29, 1.82) is 0 Å². The van der Waals surface area contributed by atoms with Gasteiger partial charge in [-0.3, -0.25) is 0 Å². The molecule has 2 bridgehead atoms. The number of aromatic nitrogens is 4. The minimum Gasteiger partial charge on any atom is -0.444 e. The minimum atomic E-state index is -0.489. The highest BCUT2D eigenvalue weighted by Crippen LogP contribution is 2.45. The summed E-state index contributed by atoms with van der Waals surface area (Å²) in [6.45, 7) is 6.43. The van der Waals surface area contributed by atoms with Gasteiger partial charge in [-0.1, -0.05) is 11.6 Å². The standard InChI is InChI=1S/C16H20ClN5O2/c1-16(2,3)24-15(23)21-6-9-4-10(21)11(5-9)22-8-20-12-13(17)18-7-19-14(12)22/h7-11H,4-6H2,1-3H3/t9-,10+,11?/m1/s1. The monoisotopic (exact) mass is 349 g/mol. The first kappa shape index (κ1) is 15.6. The number of likely N-dealkylation sites (tertiary alicyclic amines) is 1. The van der Waals surface area contributed by atoms with Crippen molar-refractivity contribution in [2.75, 3.05) is 6.54 Å². The second-order valence-corrected chi connectivity index (χ2v) is 7.95. The van der Waals surface area contributed by atoms with Crippen molar-refractivity contribution in [1.82, 2.24) is 24.4 Å². The number of halogens is 1. The summed E-state index contributed by atoms with van der Waals surface area (Å²) in [4.78, 5) is 27.0. The normalized spacial score (nSPS) is 26.3. The Hall–Kier alpha value is -1.89. The molecule has 0 spiro atoms. The first-order valence-corrected chi connectivity index (χ1v) is 8.54. The van der Waals surface area contributed by atoms with Crippen LogP contribution in [-0.4, -0.2) is 48.7 Å². The molecule has 2 aliphatic rings. The Morgan fingerprint density at radius 1 is 1.25 bits per heavy atom. The van der Waals surface area contributed by atoms with Gasteiger partial charge in [0.1, 0.15) is 17.4 Å². The van der Waals surface area contributed by atoms with Crippen LogP contribution in [0, 0.1) is 5.92 Å². The van der Waals surface area contributed by atoms with E-state index in [1.807, 2.05) is 30.2 Å². The van der Waals surface area contributed by atoms with Gasteiger partial charge in [-0.2, -0.15) is 0 Å². The quantitative estimate of drug-likeness (QED) is 0.740. The molecule has 1 aliphatic carbocycles. The molecule has 2 aromatic rings. The van der Waals surface area contributed by atoms with Crippen molar-refractivity contribution in [3.8, 4) is 0 Å². The molecular weight excluding hydrogens is 330 g/mol. The van der Waals surface area contributed by atoms with Crippen LogP contribution < -0.4 is 0 Å². The van der Waals surface area contributed by atoms with Crippen LogP contribution in [0.1, 0.15) is 39.7 Å². The van der Waals surface area contributed by atoms with Crippen LogP contribution in [0.5, 0.6) is 0 Å². The Morgan fingerprint density at radius 2 is 2.00 bits per heavy atom. The lowest BCUT2D eigenvalue weighted by Crippen LogP contribution is -2.45. The molecule has 1 saturated carbocycles. The van der Waals surface area contributed by atoms with Crippen LogP contribution in [0.4, 0.5) is 4.79 Å². The second kappa shape index (κ2) is 5.31. The molecule has 0 radical (unpaired) electrons. The number of fused-ring (bicyclic) bond motifs is 3. The molecule has 128 valence electrons. The molecule has 1 saturated heterocycles. The van der Waals surface area contributed by atoms with E-state index in [2.05, 4.69) is 15.0 Å². The van der Waals surface area contributed by atoms with Crippen molar-refractivity contribution >= 4 is 28.9 Å². The van der Waals surface area contributed by atoms with Gasteiger partial charge in [-0.15, -0.1) is 0 Å². The van der Waals surface area contributed by atoms with Crippen molar-refractivity contribution in [3.63, 3.8) is 0 Å². The van der Waals surface area contributed by atoms with Crippen LogP contribution in [0.25, 0.3) is 11.2 Å². The summed E-state index contributed by atoms with van der Waals surface area (Å²) in [5.74, 6) is 0.488. The number of rotatable bonds is 1. The number of amides is 1. The topological polar surface area (TPSA) is 73.1 Å². The van der Waals surface area contributed by atoms with Crippen LogP contribution in [0.2, 0.25) is 5.15 Å². The number of imidazole rings is 1. The maximum Gasteiger partial charge on any atom is 0.410 e. The number of hydrogen-bond donors (Lipinski definition) is 0. The fourth-order valence-corrected chi connectivity index (χ4v) is 4.06. The Balaban J connectivity index is 1.63. The van der Waals surface area contributed by atoms with Gasteiger partial charge in [0.25, 0.3) is 0 Å². The molecule has 1 amide bonds. The fraction of sp³-hybridized carbons (Fsp3) is 0.625. The van der Waals surface area contributed by atoms with E-state index in [-0.39, 0.29) is 18.2 Å². The van der Waals surface area contributed by atoms with Gasteiger partial charge in [0.2, 0.25) is 0 Å². The molecule has 0 aromatic carbocycles. The lowest BCUT2D eigenvalue weighted by molar-refractivity contribution is 0.0141. The maximum absolute atomic E-state index is 12.5. The number of carbonyl (C=O) groups excluding carboxylic acids is 1. The zero-order valence-corrected chi connectivity index (χ0v) is 14.7. The zero-order chi connectivity index (χ0) is 17.1. The summed E-state index contributed by atoms with van der Waals surface area (Å²) in [7, 11) is 0. The predicted molar refractivity (Wildman–Crippen MR) is 88.8 cm³/mol. The molecule has 4 rings (SSSR count). The van der Waals surface area contributed by atoms with Crippen LogP contribution >= 0.6 is 11.6 Å². The van der Waals surface area contributed by atoms with E-state index in [0.717, 1.165) is 25.0 Å². The van der Waals surface area contributed by atoms with Gasteiger partial charge in [0.05, 0.1) is 18.4 Å². The largest absolute Gasteiger partial charge is 0.444 e. The number of ether oxygens (including phenoxy) is 1. The summed E-state index contributed by atoms with van der Waals surface area (Å²) in [6, 6.07) is 0.253. The van der Waals surface area contributed by atoms with E-state index in [4.69, 9.17) is 16.3 Å². The van der Waals surface area contributed by atoms with Gasteiger partial charge in [0.15, 0.2) is 10.8 Å². The maximum atomic E-state index is 12.5. The smallest absolute Gasteiger partial charge is 0.410 e. The lowest BCUT2D eigenvalue weighted by atomic mass is 10.1. The predicted octanol–water partition coefficient (Wildman–Crippen LogP) is 3.05. The highest BCUT2D eigenvalue weighted by Gasteiger charge is 2.49. The second-order valence-electron chi connectivity index (χ2n) is 7.59. The summed E-state index contributed by atoms with van der Waals surface area (Å²) >= 11 is 6.10. The summed E-state index contributed by atoms with van der Waals surface area (Å²) in [6.07, 6.45) is 4.96.